The first-order valence-electron chi connectivity index (χ1n) is 15.5. The summed E-state index contributed by atoms with van der Waals surface area (Å²) in [5.74, 6) is 0. The van der Waals surface area contributed by atoms with Gasteiger partial charge in [0.25, 0.3) is 0 Å². The van der Waals surface area contributed by atoms with Crippen LogP contribution in [0.15, 0.2) is 0 Å². The van der Waals surface area contributed by atoms with Crippen LogP contribution in [0.4, 0.5) is 0 Å². The summed E-state index contributed by atoms with van der Waals surface area (Å²) in [5.41, 5.74) is 5.53. The van der Waals surface area contributed by atoms with Crippen LogP contribution >= 0.6 is 12.4 Å². The second-order valence-electron chi connectivity index (χ2n) is 11.0. The largest absolute Gasteiger partial charge is 0.330 e. The van der Waals surface area contributed by atoms with Gasteiger partial charge < -0.3 is 10.6 Å². The molecule has 0 aromatic carbocycles. The van der Waals surface area contributed by atoms with Crippen molar-refractivity contribution in [2.24, 2.45) is 5.73 Å². The lowest BCUT2D eigenvalue weighted by Gasteiger charge is -2.04. The van der Waals surface area contributed by atoms with Gasteiger partial charge in [-0.2, -0.15) is 0 Å². The Hall–Kier alpha value is 0.210. The topological polar surface area (TPSA) is 29.3 Å². The Kier molecular flexibility index (Phi) is 43.0. The number of rotatable bonds is 26. The van der Waals surface area contributed by atoms with E-state index >= 15 is 0 Å². The maximum absolute atomic E-state index is 5.53. The average Bonchev–Trinajstić information content (AvgIpc) is 2.79. The molecule has 0 radical (unpaired) electrons. The monoisotopic (exact) mass is 505 g/mol. The first-order chi connectivity index (χ1) is 16.1. The molecule has 0 spiro atoms. The minimum Gasteiger partial charge on any atom is -0.330 e. The molecule has 34 heavy (non-hydrogen) atoms. The van der Waals surface area contributed by atoms with Gasteiger partial charge in [-0.3, -0.25) is 0 Å². The third-order valence-corrected chi connectivity index (χ3v) is 6.56. The fourth-order valence-electron chi connectivity index (χ4n) is 4.46. The molecular weight excluding hydrogens is 436 g/mol. The van der Waals surface area contributed by atoms with E-state index in [2.05, 4.69) is 6.92 Å². The van der Waals surface area contributed by atoms with Crippen molar-refractivity contribution < 1.29 is 0 Å². The molecule has 0 fully saturated rings. The quantitative estimate of drug-likeness (QED) is 0.119. The number of hydrogen-bond donors (Lipinski definition) is 1. The summed E-state index contributed by atoms with van der Waals surface area (Å²) in [7, 11) is 6.00. The van der Waals surface area contributed by atoms with Gasteiger partial charge in [-0.15, -0.1) is 12.4 Å². The third kappa shape index (κ3) is 45.7. The lowest BCUT2D eigenvalue weighted by atomic mass is 10.0. The molecule has 0 heterocycles. The van der Waals surface area contributed by atoms with Gasteiger partial charge in [-0.25, -0.2) is 0 Å². The first kappa shape index (κ1) is 38.7. The standard InChI is InChI=1S/C28H59N.C3H9N.ClH/c1-2-3-4-5-6-7-8-9-10-11-12-13-14-15-16-17-18-19-20-21-22-23-24-25-26-27-28-29;1-4(2)3;/h2-29H2,1H3;1-3H3;1H. The van der Waals surface area contributed by atoms with Gasteiger partial charge in [-0.05, 0) is 34.1 Å². The van der Waals surface area contributed by atoms with Crippen LogP contribution in [0, 0.1) is 0 Å². The Morgan fingerprint density at radius 2 is 0.500 bits per heavy atom. The second-order valence-corrected chi connectivity index (χ2v) is 11.0. The molecule has 0 rings (SSSR count). The van der Waals surface area contributed by atoms with Gasteiger partial charge in [0.2, 0.25) is 0 Å². The zero-order valence-electron chi connectivity index (χ0n) is 24.5. The molecule has 0 saturated heterocycles. The van der Waals surface area contributed by atoms with Crippen LogP contribution in [-0.4, -0.2) is 32.6 Å². The third-order valence-electron chi connectivity index (χ3n) is 6.56. The van der Waals surface area contributed by atoms with Crippen molar-refractivity contribution >= 4 is 12.4 Å². The molecule has 0 bridgehead atoms. The Balaban J connectivity index is -0.00000177. The van der Waals surface area contributed by atoms with E-state index in [4.69, 9.17) is 5.73 Å². The SMILES string of the molecule is CCCCCCCCCCCCCCCCCCCCCCCCCCCCN.CN(C)C.Cl. The van der Waals surface area contributed by atoms with Crippen molar-refractivity contribution in [1.82, 2.24) is 4.90 Å². The highest BCUT2D eigenvalue weighted by atomic mass is 35.5. The van der Waals surface area contributed by atoms with E-state index in [0.717, 1.165) is 6.54 Å². The molecule has 0 aromatic heterocycles. The number of unbranched alkanes of at least 4 members (excludes halogenated alkanes) is 25. The summed E-state index contributed by atoms with van der Waals surface area (Å²) in [6.45, 7) is 3.18. The Labute approximate surface area is 224 Å². The molecule has 0 amide bonds. The van der Waals surface area contributed by atoms with Crippen molar-refractivity contribution in [3.63, 3.8) is 0 Å². The van der Waals surface area contributed by atoms with Crippen LogP contribution in [0.5, 0.6) is 0 Å². The number of hydrogen-bond acceptors (Lipinski definition) is 2. The first-order valence-corrected chi connectivity index (χ1v) is 15.5. The van der Waals surface area contributed by atoms with Crippen molar-refractivity contribution in [2.45, 2.75) is 174 Å². The van der Waals surface area contributed by atoms with Gasteiger partial charge in [0.15, 0.2) is 0 Å². The lowest BCUT2D eigenvalue weighted by Crippen LogP contribution is -1.99. The fourth-order valence-corrected chi connectivity index (χ4v) is 4.46. The smallest absolute Gasteiger partial charge is 0.00773 e. The molecule has 0 aliphatic heterocycles. The average molecular weight is 505 g/mol. The molecule has 0 aromatic rings. The van der Waals surface area contributed by atoms with E-state index in [1.807, 2.05) is 26.0 Å². The summed E-state index contributed by atoms with van der Waals surface area (Å²) in [6.07, 6.45) is 37.8. The second kappa shape index (κ2) is 37.8. The van der Waals surface area contributed by atoms with E-state index in [1.165, 1.54) is 167 Å². The molecule has 2 N–H and O–H groups in total. The fraction of sp³-hybridized carbons (Fsp3) is 1.00. The van der Waals surface area contributed by atoms with Crippen molar-refractivity contribution in [3.8, 4) is 0 Å². The summed E-state index contributed by atoms with van der Waals surface area (Å²) >= 11 is 0. The normalized spacial score (nSPS) is 10.8. The highest BCUT2D eigenvalue weighted by molar-refractivity contribution is 5.85. The van der Waals surface area contributed by atoms with Crippen molar-refractivity contribution in [1.29, 1.82) is 0 Å². The van der Waals surface area contributed by atoms with E-state index < -0.39 is 0 Å². The molecule has 3 heteroatoms. The molecule has 0 atom stereocenters. The molecular formula is C31H69ClN2. The van der Waals surface area contributed by atoms with Crippen LogP contribution in [0.3, 0.4) is 0 Å². The van der Waals surface area contributed by atoms with Gasteiger partial charge in [-0.1, -0.05) is 167 Å². The number of halogens is 1. The highest BCUT2D eigenvalue weighted by Crippen LogP contribution is 2.15. The molecule has 0 saturated carbocycles. The van der Waals surface area contributed by atoms with Crippen LogP contribution in [0.25, 0.3) is 0 Å². The minimum atomic E-state index is 0. The van der Waals surface area contributed by atoms with Crippen LogP contribution in [0.1, 0.15) is 174 Å². The summed E-state index contributed by atoms with van der Waals surface area (Å²) in [4.78, 5) is 2.00. The Morgan fingerprint density at radius 3 is 0.647 bits per heavy atom. The lowest BCUT2D eigenvalue weighted by molar-refractivity contribution is 0.505. The highest BCUT2D eigenvalue weighted by Gasteiger charge is 1.96. The van der Waals surface area contributed by atoms with Gasteiger partial charge >= 0.3 is 0 Å². The van der Waals surface area contributed by atoms with Crippen LogP contribution in [0.2, 0.25) is 0 Å². The predicted octanol–water partition coefficient (Wildman–Crippen LogP) is 10.7. The van der Waals surface area contributed by atoms with E-state index in [1.54, 1.807) is 0 Å². The Bertz CT molecular complexity index is 281. The van der Waals surface area contributed by atoms with E-state index in [9.17, 15) is 0 Å². The van der Waals surface area contributed by atoms with Gasteiger partial charge in [0.05, 0.1) is 0 Å². The van der Waals surface area contributed by atoms with Crippen molar-refractivity contribution in [3.05, 3.63) is 0 Å². The van der Waals surface area contributed by atoms with E-state index in [0.29, 0.717) is 0 Å². The molecule has 0 aliphatic rings. The zero-order chi connectivity index (χ0) is 24.7. The van der Waals surface area contributed by atoms with Crippen molar-refractivity contribution in [2.75, 3.05) is 27.7 Å². The minimum absolute atomic E-state index is 0. The van der Waals surface area contributed by atoms with Gasteiger partial charge in [0.1, 0.15) is 0 Å². The van der Waals surface area contributed by atoms with E-state index in [-0.39, 0.29) is 12.4 Å². The molecule has 0 unspecified atom stereocenters. The predicted molar refractivity (Wildman–Crippen MR) is 162 cm³/mol. The zero-order valence-corrected chi connectivity index (χ0v) is 25.3. The van der Waals surface area contributed by atoms with Gasteiger partial charge in [0, 0.05) is 0 Å². The summed E-state index contributed by atoms with van der Waals surface area (Å²) in [6, 6.07) is 0. The number of nitrogens with zero attached hydrogens (tertiary/aromatic N) is 1. The molecule has 2 nitrogen and oxygen atoms in total. The molecule has 210 valence electrons. The summed E-state index contributed by atoms with van der Waals surface area (Å²) < 4.78 is 0. The van der Waals surface area contributed by atoms with Crippen LogP contribution in [-0.2, 0) is 0 Å². The Morgan fingerprint density at radius 1 is 0.353 bits per heavy atom. The maximum Gasteiger partial charge on any atom is -0.00773 e. The molecule has 0 aliphatic carbocycles. The maximum atomic E-state index is 5.53. The van der Waals surface area contributed by atoms with Crippen LogP contribution < -0.4 is 5.73 Å². The summed E-state index contributed by atoms with van der Waals surface area (Å²) in [5, 5.41) is 0. The number of nitrogens with two attached hydrogens (primary N) is 1.